The molecule has 0 aromatic heterocycles. The molecular formula is C11H17IO2. The molecule has 0 bridgehead atoms. The molecule has 0 heterocycles. The van der Waals surface area contributed by atoms with Crippen LogP contribution in [0.1, 0.15) is 16.4 Å². The summed E-state index contributed by atoms with van der Waals surface area (Å²) >= 11 is -0.838. The van der Waals surface area contributed by atoms with Crippen molar-refractivity contribution in [3.05, 3.63) is 23.8 Å². The van der Waals surface area contributed by atoms with Gasteiger partial charge in [-0.1, -0.05) is 0 Å². The quantitative estimate of drug-likeness (QED) is 0.686. The molecule has 2 nitrogen and oxygen atoms in total. The Bertz CT molecular complexity index is 310. The summed E-state index contributed by atoms with van der Waals surface area (Å²) in [5, 5.41) is 9.44. The van der Waals surface area contributed by atoms with Crippen LogP contribution in [0.2, 0.25) is 0 Å². The van der Waals surface area contributed by atoms with Gasteiger partial charge in [0.1, 0.15) is 0 Å². The maximum atomic E-state index is 9.44. The first kappa shape index (κ1) is 11.6. The Kier molecular flexibility index (Phi) is 4.04. The predicted octanol–water partition coefficient (Wildman–Crippen LogP) is 3.23. The summed E-state index contributed by atoms with van der Waals surface area (Å²) < 4.78 is 5.72. The number of aromatic hydroxyl groups is 1. The maximum absolute atomic E-state index is 9.44. The average Bonchev–Trinajstić information content (AvgIpc) is 2.17. The monoisotopic (exact) mass is 308 g/mol. The summed E-state index contributed by atoms with van der Waals surface area (Å²) in [4.78, 5) is 4.68. The summed E-state index contributed by atoms with van der Waals surface area (Å²) in [6.07, 6.45) is 0. The fraction of sp³-hybridized carbons (Fsp3) is 0.455. The van der Waals surface area contributed by atoms with Crippen LogP contribution in [0.25, 0.3) is 0 Å². The van der Waals surface area contributed by atoms with E-state index in [9.17, 15) is 5.11 Å². The first-order valence-electron chi connectivity index (χ1n) is 4.41. The van der Waals surface area contributed by atoms with Crippen LogP contribution in [-0.4, -0.2) is 22.1 Å². The molecule has 0 aliphatic rings. The van der Waals surface area contributed by atoms with E-state index >= 15 is 0 Å². The third kappa shape index (κ3) is 2.53. The number of ether oxygens (including phenoxy) is 1. The van der Waals surface area contributed by atoms with E-state index in [1.165, 1.54) is 5.56 Å². The van der Waals surface area contributed by atoms with Gasteiger partial charge in [-0.05, 0) is 0 Å². The van der Waals surface area contributed by atoms with Crippen LogP contribution in [-0.2, 0) is 0 Å². The second-order valence-corrected chi connectivity index (χ2v) is 9.88. The standard InChI is InChI=1S/C11H17IO2/c1-8(12(2)3)9-5-6-10(13)11(7-9)14-4/h5-8,13H,1-4H3. The molecule has 1 rings (SSSR count). The number of benzene rings is 1. The van der Waals surface area contributed by atoms with E-state index in [-0.39, 0.29) is 5.75 Å². The first-order valence-corrected chi connectivity index (χ1v) is 9.97. The molecule has 0 saturated heterocycles. The molecule has 1 unspecified atom stereocenters. The van der Waals surface area contributed by atoms with Gasteiger partial charge in [0.05, 0.1) is 0 Å². The van der Waals surface area contributed by atoms with Gasteiger partial charge in [-0.2, -0.15) is 0 Å². The van der Waals surface area contributed by atoms with Crippen molar-refractivity contribution < 1.29 is 9.84 Å². The van der Waals surface area contributed by atoms with E-state index in [0.29, 0.717) is 9.67 Å². The molecule has 0 radical (unpaired) electrons. The molecule has 1 aromatic rings. The van der Waals surface area contributed by atoms with Gasteiger partial charge in [0.15, 0.2) is 0 Å². The predicted molar refractivity (Wildman–Crippen MR) is 68.9 cm³/mol. The minimum absolute atomic E-state index is 0.219. The zero-order valence-electron chi connectivity index (χ0n) is 9.04. The van der Waals surface area contributed by atoms with Crippen molar-refractivity contribution >= 4 is 19.8 Å². The summed E-state index contributed by atoms with van der Waals surface area (Å²) in [7, 11) is 1.58. The number of rotatable bonds is 3. The van der Waals surface area contributed by atoms with Crippen molar-refractivity contribution in [1.29, 1.82) is 0 Å². The number of phenolic OH excluding ortho intramolecular Hbond substituents is 1. The third-order valence-corrected chi connectivity index (χ3v) is 6.77. The van der Waals surface area contributed by atoms with Crippen molar-refractivity contribution in [2.45, 2.75) is 10.8 Å². The van der Waals surface area contributed by atoms with Gasteiger partial charge in [-0.15, -0.1) is 0 Å². The molecule has 1 aromatic carbocycles. The number of phenols is 1. The molecule has 0 amide bonds. The second-order valence-electron chi connectivity index (χ2n) is 3.36. The normalized spacial score (nSPS) is 13.6. The van der Waals surface area contributed by atoms with E-state index < -0.39 is 19.8 Å². The van der Waals surface area contributed by atoms with E-state index in [1.54, 1.807) is 13.2 Å². The second kappa shape index (κ2) is 4.87. The van der Waals surface area contributed by atoms with Crippen LogP contribution >= 0.6 is 19.8 Å². The van der Waals surface area contributed by atoms with Crippen LogP contribution in [0.3, 0.4) is 0 Å². The minimum atomic E-state index is -0.838. The molecule has 1 atom stereocenters. The number of alkyl halides is 3. The van der Waals surface area contributed by atoms with Crippen LogP contribution in [0.15, 0.2) is 18.2 Å². The topological polar surface area (TPSA) is 29.5 Å². The molecule has 0 aliphatic carbocycles. The van der Waals surface area contributed by atoms with E-state index in [1.807, 2.05) is 12.1 Å². The van der Waals surface area contributed by atoms with Crippen molar-refractivity contribution in [2.75, 3.05) is 17.0 Å². The average molecular weight is 308 g/mol. The molecule has 0 fully saturated rings. The zero-order chi connectivity index (χ0) is 10.7. The molecular weight excluding hydrogens is 291 g/mol. The van der Waals surface area contributed by atoms with Crippen molar-refractivity contribution in [3.8, 4) is 11.5 Å². The summed E-state index contributed by atoms with van der Waals surface area (Å²) in [6.45, 7) is 2.25. The summed E-state index contributed by atoms with van der Waals surface area (Å²) in [5.41, 5.74) is 1.27. The Morgan fingerprint density at radius 2 is 2.00 bits per heavy atom. The van der Waals surface area contributed by atoms with Gasteiger partial charge >= 0.3 is 92.7 Å². The van der Waals surface area contributed by atoms with Crippen LogP contribution in [0, 0.1) is 0 Å². The number of methoxy groups -OCH3 is 1. The summed E-state index contributed by atoms with van der Waals surface area (Å²) in [5.74, 6) is 0.795. The fourth-order valence-corrected chi connectivity index (χ4v) is 3.02. The Hall–Kier alpha value is -0.450. The molecule has 14 heavy (non-hydrogen) atoms. The van der Waals surface area contributed by atoms with Gasteiger partial charge in [-0.25, -0.2) is 0 Å². The third-order valence-electron chi connectivity index (χ3n) is 2.32. The Morgan fingerprint density at radius 1 is 1.36 bits per heavy atom. The Labute approximate surface area is 92.7 Å². The Balaban J connectivity index is 3.00. The molecule has 80 valence electrons. The zero-order valence-corrected chi connectivity index (χ0v) is 11.2. The van der Waals surface area contributed by atoms with Gasteiger partial charge < -0.3 is 0 Å². The van der Waals surface area contributed by atoms with Gasteiger partial charge in [0.2, 0.25) is 0 Å². The van der Waals surface area contributed by atoms with Gasteiger partial charge in [-0.3, -0.25) is 0 Å². The first-order chi connectivity index (χ1) is 6.56. The number of hydrogen-bond acceptors (Lipinski definition) is 2. The molecule has 3 heteroatoms. The van der Waals surface area contributed by atoms with Crippen molar-refractivity contribution in [1.82, 2.24) is 0 Å². The number of halogens is 1. The van der Waals surface area contributed by atoms with Crippen LogP contribution in [0.4, 0.5) is 0 Å². The van der Waals surface area contributed by atoms with E-state index in [2.05, 4.69) is 16.8 Å². The van der Waals surface area contributed by atoms with Crippen LogP contribution in [0.5, 0.6) is 11.5 Å². The van der Waals surface area contributed by atoms with E-state index in [0.717, 1.165) is 0 Å². The molecule has 0 saturated carbocycles. The molecule has 0 aliphatic heterocycles. The molecule has 1 N–H and O–H groups in total. The van der Waals surface area contributed by atoms with E-state index in [4.69, 9.17) is 4.74 Å². The Morgan fingerprint density at radius 3 is 2.50 bits per heavy atom. The fourth-order valence-electron chi connectivity index (χ4n) is 1.19. The number of hydrogen-bond donors (Lipinski definition) is 1. The summed E-state index contributed by atoms with van der Waals surface area (Å²) in [6, 6.07) is 5.64. The van der Waals surface area contributed by atoms with Crippen molar-refractivity contribution in [2.24, 2.45) is 0 Å². The van der Waals surface area contributed by atoms with Gasteiger partial charge in [0, 0.05) is 0 Å². The van der Waals surface area contributed by atoms with Crippen molar-refractivity contribution in [3.63, 3.8) is 0 Å². The van der Waals surface area contributed by atoms with Gasteiger partial charge in [0.25, 0.3) is 0 Å². The SMILES string of the molecule is COc1cc(C(C)I(C)C)ccc1O. The molecule has 0 spiro atoms. The van der Waals surface area contributed by atoms with Crippen LogP contribution < -0.4 is 4.74 Å².